The fraction of sp³-hybridized carbons (Fsp3) is 0.350. The van der Waals surface area contributed by atoms with Gasteiger partial charge in [0, 0.05) is 43.2 Å². The molecule has 1 aromatic carbocycles. The first-order valence-corrected chi connectivity index (χ1v) is 8.62. The quantitative estimate of drug-likeness (QED) is 0.648. The number of aryl methyl sites for hydroxylation is 1. The molecule has 0 amide bonds. The number of ether oxygens (including phenoxy) is 1. The second-order valence-electron chi connectivity index (χ2n) is 6.42. The second kappa shape index (κ2) is 8.10. The fourth-order valence-corrected chi connectivity index (χ4v) is 2.74. The third-order valence-electron chi connectivity index (χ3n) is 4.48. The fourth-order valence-electron chi connectivity index (χ4n) is 2.74. The number of hydrogen-bond donors (Lipinski definition) is 0. The van der Waals surface area contributed by atoms with Gasteiger partial charge in [-0.2, -0.15) is 0 Å². The van der Waals surface area contributed by atoms with Gasteiger partial charge in [-0.05, 0) is 39.1 Å². The Labute approximate surface area is 153 Å². The SMILES string of the molecule is COc1cccc(-c2nc(CN(C)[C@@H](C)Cc3cnccn3)c(C)o2)c1. The van der Waals surface area contributed by atoms with Crippen molar-refractivity contribution in [2.45, 2.75) is 32.9 Å². The number of likely N-dealkylation sites (N-methyl/N-ethyl adjacent to an activating group) is 1. The molecule has 0 saturated heterocycles. The van der Waals surface area contributed by atoms with Crippen LogP contribution in [0.4, 0.5) is 0 Å². The van der Waals surface area contributed by atoms with E-state index in [2.05, 4.69) is 28.8 Å². The van der Waals surface area contributed by atoms with Crippen LogP contribution in [-0.2, 0) is 13.0 Å². The van der Waals surface area contributed by atoms with Crippen LogP contribution in [0, 0.1) is 6.92 Å². The molecule has 0 aliphatic heterocycles. The van der Waals surface area contributed by atoms with Gasteiger partial charge in [-0.15, -0.1) is 0 Å². The molecule has 0 N–H and O–H groups in total. The van der Waals surface area contributed by atoms with Crippen LogP contribution in [0.5, 0.6) is 5.75 Å². The van der Waals surface area contributed by atoms with Crippen LogP contribution in [0.15, 0.2) is 47.3 Å². The van der Waals surface area contributed by atoms with Crippen molar-refractivity contribution in [2.24, 2.45) is 0 Å². The van der Waals surface area contributed by atoms with Crippen molar-refractivity contribution in [3.8, 4) is 17.2 Å². The highest BCUT2D eigenvalue weighted by Crippen LogP contribution is 2.26. The van der Waals surface area contributed by atoms with Crippen molar-refractivity contribution in [1.29, 1.82) is 0 Å². The van der Waals surface area contributed by atoms with Crippen molar-refractivity contribution >= 4 is 0 Å². The summed E-state index contributed by atoms with van der Waals surface area (Å²) in [5, 5.41) is 0. The summed E-state index contributed by atoms with van der Waals surface area (Å²) < 4.78 is 11.2. The van der Waals surface area contributed by atoms with E-state index in [4.69, 9.17) is 14.1 Å². The molecule has 6 nitrogen and oxygen atoms in total. The van der Waals surface area contributed by atoms with E-state index in [1.165, 1.54) is 0 Å². The van der Waals surface area contributed by atoms with Gasteiger partial charge >= 0.3 is 0 Å². The van der Waals surface area contributed by atoms with E-state index in [1.54, 1.807) is 19.5 Å². The molecule has 0 bridgehead atoms. The highest BCUT2D eigenvalue weighted by molar-refractivity contribution is 5.56. The van der Waals surface area contributed by atoms with E-state index in [1.807, 2.05) is 37.4 Å². The van der Waals surface area contributed by atoms with E-state index >= 15 is 0 Å². The molecule has 3 aromatic rings. The number of benzene rings is 1. The van der Waals surface area contributed by atoms with Gasteiger partial charge in [-0.25, -0.2) is 4.98 Å². The average Bonchev–Trinajstić information content (AvgIpc) is 3.03. The minimum Gasteiger partial charge on any atom is -0.497 e. The lowest BCUT2D eigenvalue weighted by atomic mass is 10.1. The van der Waals surface area contributed by atoms with Crippen molar-refractivity contribution in [3.63, 3.8) is 0 Å². The molecule has 2 aromatic heterocycles. The third-order valence-corrected chi connectivity index (χ3v) is 4.48. The lowest BCUT2D eigenvalue weighted by Crippen LogP contribution is -2.31. The number of hydrogen-bond acceptors (Lipinski definition) is 6. The smallest absolute Gasteiger partial charge is 0.226 e. The standard InChI is InChI=1S/C20H24N4O2/c1-14(10-17-12-21-8-9-22-17)24(3)13-19-15(2)26-20(23-19)16-6-5-7-18(11-16)25-4/h5-9,11-12,14H,10,13H2,1-4H3/t14-/m0/s1. The number of rotatable bonds is 7. The van der Waals surface area contributed by atoms with E-state index < -0.39 is 0 Å². The molecule has 0 fully saturated rings. The maximum Gasteiger partial charge on any atom is 0.226 e. The van der Waals surface area contributed by atoms with Crippen molar-refractivity contribution in [2.75, 3.05) is 14.2 Å². The first-order chi connectivity index (χ1) is 12.6. The zero-order chi connectivity index (χ0) is 18.5. The maximum atomic E-state index is 5.88. The molecule has 136 valence electrons. The largest absolute Gasteiger partial charge is 0.497 e. The Balaban J connectivity index is 1.70. The van der Waals surface area contributed by atoms with E-state index in [9.17, 15) is 0 Å². The average molecular weight is 352 g/mol. The Bertz CT molecular complexity index is 848. The van der Waals surface area contributed by atoms with Crippen LogP contribution in [0.2, 0.25) is 0 Å². The van der Waals surface area contributed by atoms with Gasteiger partial charge in [0.1, 0.15) is 11.5 Å². The van der Waals surface area contributed by atoms with Gasteiger partial charge in [0.05, 0.1) is 18.5 Å². The van der Waals surface area contributed by atoms with Crippen LogP contribution < -0.4 is 4.74 Å². The monoisotopic (exact) mass is 352 g/mol. The molecule has 0 spiro atoms. The summed E-state index contributed by atoms with van der Waals surface area (Å²) in [5.41, 5.74) is 2.84. The molecule has 2 heterocycles. The maximum absolute atomic E-state index is 5.88. The van der Waals surface area contributed by atoms with Gasteiger partial charge in [-0.1, -0.05) is 6.07 Å². The number of methoxy groups -OCH3 is 1. The predicted molar refractivity (Wildman–Crippen MR) is 99.9 cm³/mol. The summed E-state index contributed by atoms with van der Waals surface area (Å²) in [6.45, 7) is 4.83. The number of oxazole rings is 1. The Morgan fingerprint density at radius 2 is 2.12 bits per heavy atom. The first kappa shape index (κ1) is 18.1. The summed E-state index contributed by atoms with van der Waals surface area (Å²) in [4.78, 5) is 15.4. The lowest BCUT2D eigenvalue weighted by molar-refractivity contribution is 0.243. The van der Waals surface area contributed by atoms with Crippen LogP contribution in [0.25, 0.3) is 11.5 Å². The van der Waals surface area contributed by atoms with Crippen LogP contribution in [0.3, 0.4) is 0 Å². The molecular weight excluding hydrogens is 328 g/mol. The predicted octanol–water partition coefficient (Wildman–Crippen LogP) is 3.51. The van der Waals surface area contributed by atoms with Crippen molar-refractivity contribution in [1.82, 2.24) is 19.9 Å². The lowest BCUT2D eigenvalue weighted by Gasteiger charge is -2.23. The summed E-state index contributed by atoms with van der Waals surface area (Å²) >= 11 is 0. The highest BCUT2D eigenvalue weighted by Gasteiger charge is 2.17. The third kappa shape index (κ3) is 4.26. The molecule has 0 aliphatic rings. The Morgan fingerprint density at radius 1 is 1.27 bits per heavy atom. The molecule has 0 aliphatic carbocycles. The molecule has 1 atom stereocenters. The number of nitrogens with zero attached hydrogens (tertiary/aromatic N) is 4. The zero-order valence-electron chi connectivity index (χ0n) is 15.6. The van der Waals surface area contributed by atoms with E-state index in [0.717, 1.165) is 34.9 Å². The van der Waals surface area contributed by atoms with Crippen molar-refractivity contribution < 1.29 is 9.15 Å². The van der Waals surface area contributed by atoms with Gasteiger partial charge in [0.2, 0.25) is 5.89 Å². The molecule has 0 saturated carbocycles. The summed E-state index contributed by atoms with van der Waals surface area (Å²) in [6, 6.07) is 8.04. The zero-order valence-corrected chi connectivity index (χ0v) is 15.6. The molecule has 3 rings (SSSR count). The highest BCUT2D eigenvalue weighted by atomic mass is 16.5. The molecule has 6 heteroatoms. The summed E-state index contributed by atoms with van der Waals surface area (Å²) in [6.07, 6.45) is 6.07. The van der Waals surface area contributed by atoms with E-state index in [-0.39, 0.29) is 0 Å². The minimum absolute atomic E-state index is 0.308. The Morgan fingerprint density at radius 3 is 2.85 bits per heavy atom. The minimum atomic E-state index is 0.308. The van der Waals surface area contributed by atoms with Gasteiger partial charge in [0.15, 0.2) is 0 Å². The topological polar surface area (TPSA) is 64.3 Å². The summed E-state index contributed by atoms with van der Waals surface area (Å²) in [7, 11) is 3.74. The van der Waals surface area contributed by atoms with Gasteiger partial charge in [0.25, 0.3) is 0 Å². The molecule has 26 heavy (non-hydrogen) atoms. The first-order valence-electron chi connectivity index (χ1n) is 8.62. The molecular formula is C20H24N4O2. The van der Waals surface area contributed by atoms with Crippen LogP contribution in [0.1, 0.15) is 24.1 Å². The normalized spacial score (nSPS) is 12.3. The number of aromatic nitrogens is 3. The van der Waals surface area contributed by atoms with Gasteiger partial charge < -0.3 is 9.15 Å². The van der Waals surface area contributed by atoms with Crippen LogP contribution in [-0.4, -0.2) is 40.1 Å². The second-order valence-corrected chi connectivity index (χ2v) is 6.42. The van der Waals surface area contributed by atoms with Gasteiger partial charge in [-0.3, -0.25) is 14.9 Å². The summed E-state index contributed by atoms with van der Waals surface area (Å²) in [5.74, 6) is 2.24. The van der Waals surface area contributed by atoms with Crippen molar-refractivity contribution in [3.05, 3.63) is 60.0 Å². The molecule has 0 unspecified atom stereocenters. The Hall–Kier alpha value is -2.73. The Kier molecular flexibility index (Phi) is 5.63. The van der Waals surface area contributed by atoms with E-state index in [0.29, 0.717) is 18.5 Å². The molecule has 0 radical (unpaired) electrons. The van der Waals surface area contributed by atoms with Crippen LogP contribution >= 0.6 is 0 Å².